The summed E-state index contributed by atoms with van der Waals surface area (Å²) in [6.45, 7) is 1.63. The first-order valence-corrected chi connectivity index (χ1v) is 8.25. The van der Waals surface area contributed by atoms with Crippen LogP contribution in [0, 0.1) is 0 Å². The highest BCUT2D eigenvalue weighted by atomic mass is 32.2. The Balaban J connectivity index is 1.86. The van der Waals surface area contributed by atoms with Crippen molar-refractivity contribution in [3.05, 3.63) is 53.6 Å². The Hall–Kier alpha value is -2.01. The Labute approximate surface area is 118 Å². The van der Waals surface area contributed by atoms with Gasteiger partial charge in [-0.2, -0.15) is 0 Å². The molecule has 0 atom stereocenters. The molecule has 2 aromatic carbocycles. The van der Waals surface area contributed by atoms with Crippen LogP contribution in [0.15, 0.2) is 47.4 Å². The first kappa shape index (κ1) is 13.0. The summed E-state index contributed by atoms with van der Waals surface area (Å²) in [4.78, 5) is 2.55. The second-order valence-electron chi connectivity index (χ2n) is 5.15. The quantitative estimate of drug-likeness (QED) is 0.860. The van der Waals surface area contributed by atoms with Crippen molar-refractivity contribution < 1.29 is 8.42 Å². The third-order valence-electron chi connectivity index (χ3n) is 3.58. The van der Waals surface area contributed by atoms with Gasteiger partial charge in [0, 0.05) is 30.7 Å². The Bertz CT molecular complexity index is 752. The van der Waals surface area contributed by atoms with E-state index in [1.165, 1.54) is 17.4 Å². The van der Waals surface area contributed by atoms with Gasteiger partial charge < -0.3 is 10.6 Å². The van der Waals surface area contributed by atoms with Crippen molar-refractivity contribution in [2.45, 2.75) is 18.0 Å². The van der Waals surface area contributed by atoms with Crippen LogP contribution in [0.5, 0.6) is 0 Å². The zero-order chi connectivity index (χ0) is 14.3. The van der Waals surface area contributed by atoms with Crippen LogP contribution < -0.4 is 10.6 Å². The predicted octanol–water partition coefficient (Wildman–Crippen LogP) is 2.19. The van der Waals surface area contributed by atoms with Gasteiger partial charge in [-0.3, -0.25) is 0 Å². The average molecular weight is 288 g/mol. The molecule has 0 amide bonds. The van der Waals surface area contributed by atoms with Gasteiger partial charge in [-0.25, -0.2) is 8.42 Å². The van der Waals surface area contributed by atoms with Crippen molar-refractivity contribution in [2.75, 3.05) is 16.9 Å². The summed E-state index contributed by atoms with van der Waals surface area (Å²) in [5.41, 5.74) is 10.1. The van der Waals surface area contributed by atoms with Crippen molar-refractivity contribution in [2.24, 2.45) is 0 Å². The highest BCUT2D eigenvalue weighted by molar-refractivity contribution is 7.90. The summed E-state index contributed by atoms with van der Waals surface area (Å²) in [6.07, 6.45) is 1.22. The van der Waals surface area contributed by atoms with E-state index in [1.807, 2.05) is 24.3 Å². The number of hydrogen-bond acceptors (Lipinski definition) is 4. The molecule has 1 heterocycles. The monoisotopic (exact) mass is 288 g/mol. The lowest BCUT2D eigenvalue weighted by atomic mass is 10.1. The van der Waals surface area contributed by atoms with Gasteiger partial charge in [0.05, 0.1) is 4.90 Å². The minimum absolute atomic E-state index is 0.349. The van der Waals surface area contributed by atoms with Crippen molar-refractivity contribution in [1.82, 2.24) is 0 Å². The molecule has 4 nitrogen and oxygen atoms in total. The number of nitrogens with two attached hydrogens (primary N) is 1. The standard InChI is InChI=1S/C15H16N2O2S/c1-20(18,19)15-6-4-14(5-7-15)17-9-11-2-3-13(16)8-12(11)10-17/h2-8H,9-10,16H2,1H3. The summed E-state index contributed by atoms with van der Waals surface area (Å²) in [6, 6.07) is 13.0. The maximum Gasteiger partial charge on any atom is 0.175 e. The Kier molecular flexibility index (Phi) is 2.94. The molecular weight excluding hydrogens is 272 g/mol. The second-order valence-corrected chi connectivity index (χ2v) is 7.17. The molecule has 0 saturated carbocycles. The lowest BCUT2D eigenvalue weighted by molar-refractivity contribution is 0.602. The van der Waals surface area contributed by atoms with E-state index in [0.29, 0.717) is 4.90 Å². The third kappa shape index (κ3) is 2.36. The van der Waals surface area contributed by atoms with Crippen LogP contribution >= 0.6 is 0 Å². The summed E-state index contributed by atoms with van der Waals surface area (Å²) in [5, 5.41) is 0. The summed E-state index contributed by atoms with van der Waals surface area (Å²) < 4.78 is 22.9. The van der Waals surface area contributed by atoms with Gasteiger partial charge in [0.2, 0.25) is 0 Å². The fourth-order valence-electron chi connectivity index (χ4n) is 2.50. The van der Waals surface area contributed by atoms with Crippen LogP contribution in [-0.2, 0) is 22.9 Å². The van der Waals surface area contributed by atoms with E-state index < -0.39 is 9.84 Å². The van der Waals surface area contributed by atoms with E-state index in [0.717, 1.165) is 24.5 Å². The van der Waals surface area contributed by atoms with Crippen LogP contribution in [0.2, 0.25) is 0 Å². The fraction of sp³-hybridized carbons (Fsp3) is 0.200. The van der Waals surface area contributed by atoms with Gasteiger partial charge >= 0.3 is 0 Å². The fourth-order valence-corrected chi connectivity index (χ4v) is 3.13. The predicted molar refractivity (Wildman–Crippen MR) is 80.3 cm³/mol. The third-order valence-corrected chi connectivity index (χ3v) is 4.71. The smallest absolute Gasteiger partial charge is 0.175 e. The normalized spacial score (nSPS) is 14.3. The Morgan fingerprint density at radius 3 is 2.30 bits per heavy atom. The molecule has 0 aromatic heterocycles. The van der Waals surface area contributed by atoms with E-state index in [4.69, 9.17) is 5.73 Å². The molecule has 0 spiro atoms. The summed E-state index contributed by atoms with van der Waals surface area (Å²) >= 11 is 0. The number of anilines is 2. The van der Waals surface area contributed by atoms with Crippen LogP contribution in [0.25, 0.3) is 0 Å². The molecular formula is C15H16N2O2S. The van der Waals surface area contributed by atoms with Gasteiger partial charge in [0.1, 0.15) is 0 Å². The van der Waals surface area contributed by atoms with Crippen molar-refractivity contribution in [3.63, 3.8) is 0 Å². The zero-order valence-electron chi connectivity index (χ0n) is 11.2. The van der Waals surface area contributed by atoms with Crippen molar-refractivity contribution >= 4 is 21.2 Å². The number of sulfone groups is 1. The molecule has 3 rings (SSSR count). The molecule has 2 aromatic rings. The molecule has 2 N–H and O–H groups in total. The number of fused-ring (bicyclic) bond motifs is 1. The molecule has 0 aliphatic carbocycles. The van der Waals surface area contributed by atoms with Crippen LogP contribution in [0.3, 0.4) is 0 Å². The number of rotatable bonds is 2. The van der Waals surface area contributed by atoms with Gasteiger partial charge in [-0.05, 0) is 47.5 Å². The van der Waals surface area contributed by atoms with E-state index in [1.54, 1.807) is 12.1 Å². The number of benzene rings is 2. The molecule has 0 radical (unpaired) electrons. The largest absolute Gasteiger partial charge is 0.399 e. The van der Waals surface area contributed by atoms with Gasteiger partial charge in [0.15, 0.2) is 9.84 Å². The lowest BCUT2D eigenvalue weighted by Gasteiger charge is -2.17. The van der Waals surface area contributed by atoms with Crippen LogP contribution in [0.4, 0.5) is 11.4 Å². The minimum atomic E-state index is -3.14. The molecule has 0 unspecified atom stereocenters. The van der Waals surface area contributed by atoms with Crippen LogP contribution in [-0.4, -0.2) is 14.7 Å². The number of nitrogens with zero attached hydrogens (tertiary/aromatic N) is 1. The first-order valence-electron chi connectivity index (χ1n) is 6.36. The molecule has 0 bridgehead atoms. The number of nitrogen functional groups attached to an aromatic ring is 1. The molecule has 1 aliphatic heterocycles. The Morgan fingerprint density at radius 1 is 1.00 bits per heavy atom. The van der Waals surface area contributed by atoms with Crippen LogP contribution in [0.1, 0.15) is 11.1 Å². The second kappa shape index (κ2) is 4.52. The maximum absolute atomic E-state index is 11.5. The molecule has 20 heavy (non-hydrogen) atoms. The van der Waals surface area contributed by atoms with E-state index >= 15 is 0 Å². The highest BCUT2D eigenvalue weighted by Gasteiger charge is 2.19. The topological polar surface area (TPSA) is 63.4 Å². The average Bonchev–Trinajstić information content (AvgIpc) is 2.80. The molecule has 0 fully saturated rings. The SMILES string of the molecule is CS(=O)(=O)c1ccc(N2Cc3ccc(N)cc3C2)cc1. The first-order chi connectivity index (χ1) is 9.43. The molecule has 104 valence electrons. The van der Waals surface area contributed by atoms with Crippen molar-refractivity contribution in [1.29, 1.82) is 0 Å². The minimum Gasteiger partial charge on any atom is -0.399 e. The molecule has 1 aliphatic rings. The molecule has 5 heteroatoms. The maximum atomic E-state index is 11.5. The molecule has 0 saturated heterocycles. The van der Waals surface area contributed by atoms with Gasteiger partial charge in [-0.1, -0.05) is 6.07 Å². The van der Waals surface area contributed by atoms with E-state index in [2.05, 4.69) is 11.0 Å². The van der Waals surface area contributed by atoms with Gasteiger partial charge in [-0.15, -0.1) is 0 Å². The van der Waals surface area contributed by atoms with Crippen molar-refractivity contribution in [3.8, 4) is 0 Å². The van der Waals surface area contributed by atoms with E-state index in [-0.39, 0.29) is 0 Å². The zero-order valence-corrected chi connectivity index (χ0v) is 12.0. The highest BCUT2D eigenvalue weighted by Crippen LogP contribution is 2.29. The summed E-state index contributed by atoms with van der Waals surface area (Å²) in [7, 11) is -3.14. The van der Waals surface area contributed by atoms with E-state index in [9.17, 15) is 8.42 Å². The Morgan fingerprint density at radius 2 is 1.65 bits per heavy atom. The lowest BCUT2D eigenvalue weighted by Crippen LogP contribution is -2.14. The number of hydrogen-bond donors (Lipinski definition) is 1. The summed E-state index contributed by atoms with van der Waals surface area (Å²) in [5.74, 6) is 0. The van der Waals surface area contributed by atoms with Gasteiger partial charge in [0.25, 0.3) is 0 Å².